The first-order chi connectivity index (χ1) is 10.1. The van der Waals surface area contributed by atoms with Crippen LogP contribution in [0.2, 0.25) is 0 Å². The van der Waals surface area contributed by atoms with Gasteiger partial charge >= 0.3 is 12.1 Å². The van der Waals surface area contributed by atoms with Crippen molar-refractivity contribution in [1.29, 1.82) is 0 Å². The van der Waals surface area contributed by atoms with Gasteiger partial charge < -0.3 is 19.9 Å². The Labute approximate surface area is 124 Å². The molecule has 0 aliphatic rings. The molecule has 0 fully saturated rings. The number of carbonyl (C=O) groups excluding carboxylic acids is 1. The van der Waals surface area contributed by atoms with Crippen LogP contribution in [0.3, 0.4) is 0 Å². The van der Waals surface area contributed by atoms with Gasteiger partial charge in [-0.1, -0.05) is 37.3 Å². The Morgan fingerprint density at radius 3 is 2.52 bits per heavy atom. The fourth-order valence-corrected chi connectivity index (χ4v) is 1.67. The molecule has 6 heteroatoms. The van der Waals surface area contributed by atoms with Gasteiger partial charge in [0.15, 0.2) is 0 Å². The molecule has 1 rings (SSSR count). The molecule has 0 aliphatic carbocycles. The van der Waals surface area contributed by atoms with Crippen LogP contribution in [0.1, 0.15) is 18.9 Å². The lowest BCUT2D eigenvalue weighted by Crippen LogP contribution is -2.42. The maximum absolute atomic E-state index is 11.5. The largest absolute Gasteiger partial charge is 0.480 e. The van der Waals surface area contributed by atoms with Gasteiger partial charge in [-0.05, 0) is 12.0 Å². The predicted octanol–water partition coefficient (Wildman–Crippen LogP) is 1.84. The zero-order chi connectivity index (χ0) is 15.5. The highest BCUT2D eigenvalue weighted by Gasteiger charge is 2.20. The third-order valence-corrected chi connectivity index (χ3v) is 2.68. The quantitative estimate of drug-likeness (QED) is 0.679. The normalized spacial score (nSPS) is 11.7. The third-order valence-electron chi connectivity index (χ3n) is 2.68. The Balaban J connectivity index is 2.36. The van der Waals surface area contributed by atoms with Crippen LogP contribution >= 0.6 is 0 Å². The Morgan fingerprint density at radius 1 is 1.19 bits per heavy atom. The van der Waals surface area contributed by atoms with Crippen molar-refractivity contribution < 1.29 is 24.2 Å². The highest BCUT2D eigenvalue weighted by atomic mass is 16.6. The molecule has 1 atom stereocenters. The monoisotopic (exact) mass is 295 g/mol. The summed E-state index contributed by atoms with van der Waals surface area (Å²) < 4.78 is 10.0. The number of rotatable bonds is 9. The van der Waals surface area contributed by atoms with Gasteiger partial charge in [0.2, 0.25) is 0 Å². The van der Waals surface area contributed by atoms with Crippen molar-refractivity contribution in [3.05, 3.63) is 35.9 Å². The first-order valence-corrected chi connectivity index (χ1v) is 6.91. The van der Waals surface area contributed by atoms with E-state index in [1.807, 2.05) is 37.3 Å². The highest BCUT2D eigenvalue weighted by molar-refractivity contribution is 5.80. The molecule has 0 bridgehead atoms. The zero-order valence-electron chi connectivity index (χ0n) is 12.1. The minimum atomic E-state index is -1.10. The van der Waals surface area contributed by atoms with E-state index in [1.165, 1.54) is 0 Å². The number of benzene rings is 1. The van der Waals surface area contributed by atoms with Gasteiger partial charge in [0.05, 0.1) is 6.61 Å². The molecule has 0 aliphatic heterocycles. The second-order valence-electron chi connectivity index (χ2n) is 4.47. The third kappa shape index (κ3) is 7.31. The van der Waals surface area contributed by atoms with Crippen LogP contribution in [0, 0.1) is 0 Å². The molecule has 1 aromatic rings. The van der Waals surface area contributed by atoms with E-state index in [2.05, 4.69) is 5.32 Å². The van der Waals surface area contributed by atoms with Gasteiger partial charge in [-0.15, -0.1) is 0 Å². The molecule has 21 heavy (non-hydrogen) atoms. The van der Waals surface area contributed by atoms with Crippen molar-refractivity contribution in [3.8, 4) is 0 Å². The lowest BCUT2D eigenvalue weighted by Gasteiger charge is -2.14. The van der Waals surface area contributed by atoms with Crippen LogP contribution in [0.25, 0.3) is 0 Å². The first kappa shape index (κ1) is 17.0. The summed E-state index contributed by atoms with van der Waals surface area (Å²) in [6.07, 6.45) is 0.348. The van der Waals surface area contributed by atoms with Crippen LogP contribution in [0.5, 0.6) is 0 Å². The second-order valence-corrected chi connectivity index (χ2v) is 4.47. The summed E-state index contributed by atoms with van der Waals surface area (Å²) in [4.78, 5) is 22.7. The molecule has 0 heterocycles. The lowest BCUT2D eigenvalue weighted by atomic mass is 10.1. The van der Waals surface area contributed by atoms with Crippen LogP contribution in [-0.2, 0) is 20.7 Å². The van der Waals surface area contributed by atoms with Crippen molar-refractivity contribution in [2.75, 3.05) is 19.8 Å². The Morgan fingerprint density at radius 2 is 1.90 bits per heavy atom. The average Bonchev–Trinajstić information content (AvgIpc) is 2.47. The minimum absolute atomic E-state index is 0.101. The number of alkyl carbamates (subject to hydrolysis) is 1. The maximum atomic E-state index is 11.5. The summed E-state index contributed by atoms with van der Waals surface area (Å²) >= 11 is 0. The van der Waals surface area contributed by atoms with E-state index >= 15 is 0 Å². The molecular weight excluding hydrogens is 274 g/mol. The number of carboxylic acids is 1. The topological polar surface area (TPSA) is 84.9 Å². The smallest absolute Gasteiger partial charge is 0.407 e. The summed E-state index contributed by atoms with van der Waals surface area (Å²) in [5, 5.41) is 11.5. The molecule has 1 amide bonds. The molecule has 0 radical (unpaired) electrons. The summed E-state index contributed by atoms with van der Waals surface area (Å²) in [7, 11) is 0. The van der Waals surface area contributed by atoms with E-state index in [0.29, 0.717) is 13.2 Å². The van der Waals surface area contributed by atoms with E-state index < -0.39 is 18.1 Å². The van der Waals surface area contributed by atoms with Crippen molar-refractivity contribution in [3.63, 3.8) is 0 Å². The standard InChI is InChI=1S/C15H21NO5/c1-2-8-20-9-10-21-15(19)16-13(14(17)18)11-12-6-4-3-5-7-12/h3-7,13H,2,8-11H2,1H3,(H,16,19)(H,17,18). The SMILES string of the molecule is CCCOCCOC(=O)NC(Cc1ccccc1)C(=O)O. The number of carboxylic acid groups (broad SMARTS) is 1. The van der Waals surface area contributed by atoms with E-state index in [9.17, 15) is 9.59 Å². The molecule has 0 saturated carbocycles. The van der Waals surface area contributed by atoms with E-state index in [1.54, 1.807) is 0 Å². The Hall–Kier alpha value is -2.08. The van der Waals surface area contributed by atoms with Crippen LogP contribution in [0.15, 0.2) is 30.3 Å². The average molecular weight is 295 g/mol. The number of amides is 1. The van der Waals surface area contributed by atoms with Crippen LogP contribution < -0.4 is 5.32 Å². The summed E-state index contributed by atoms with van der Waals surface area (Å²) in [5.41, 5.74) is 0.830. The van der Waals surface area contributed by atoms with Crippen LogP contribution in [-0.4, -0.2) is 43.0 Å². The molecule has 0 spiro atoms. The molecule has 1 unspecified atom stereocenters. The minimum Gasteiger partial charge on any atom is -0.480 e. The fraction of sp³-hybridized carbons (Fsp3) is 0.467. The molecule has 0 saturated heterocycles. The zero-order valence-corrected chi connectivity index (χ0v) is 12.1. The first-order valence-electron chi connectivity index (χ1n) is 6.91. The number of nitrogens with one attached hydrogen (secondary N) is 1. The van der Waals surface area contributed by atoms with Gasteiger partial charge in [-0.3, -0.25) is 0 Å². The Kier molecular flexibility index (Phi) is 7.89. The molecule has 6 nitrogen and oxygen atoms in total. The predicted molar refractivity (Wildman–Crippen MR) is 77.2 cm³/mol. The summed E-state index contributed by atoms with van der Waals surface area (Å²) in [6, 6.07) is 8.08. The number of hydrogen-bond donors (Lipinski definition) is 2. The Bertz CT molecular complexity index is 435. The summed E-state index contributed by atoms with van der Waals surface area (Å²) in [6.45, 7) is 2.99. The molecule has 1 aromatic carbocycles. The lowest BCUT2D eigenvalue weighted by molar-refractivity contribution is -0.139. The van der Waals surface area contributed by atoms with E-state index in [4.69, 9.17) is 14.6 Å². The highest BCUT2D eigenvalue weighted by Crippen LogP contribution is 2.03. The van der Waals surface area contributed by atoms with Crippen molar-refractivity contribution in [2.45, 2.75) is 25.8 Å². The number of hydrogen-bond acceptors (Lipinski definition) is 4. The number of carbonyl (C=O) groups is 2. The van der Waals surface area contributed by atoms with Crippen molar-refractivity contribution in [2.24, 2.45) is 0 Å². The summed E-state index contributed by atoms with van der Waals surface area (Å²) in [5.74, 6) is -1.10. The van der Waals surface area contributed by atoms with E-state index in [-0.39, 0.29) is 13.0 Å². The van der Waals surface area contributed by atoms with Crippen molar-refractivity contribution >= 4 is 12.1 Å². The van der Waals surface area contributed by atoms with Gasteiger partial charge in [-0.25, -0.2) is 9.59 Å². The number of ether oxygens (including phenoxy) is 2. The van der Waals surface area contributed by atoms with Gasteiger partial charge in [0, 0.05) is 13.0 Å². The molecule has 0 aromatic heterocycles. The van der Waals surface area contributed by atoms with Gasteiger partial charge in [0.25, 0.3) is 0 Å². The molecule has 116 valence electrons. The second kappa shape index (κ2) is 9.77. The molecule has 2 N–H and O–H groups in total. The maximum Gasteiger partial charge on any atom is 0.407 e. The van der Waals surface area contributed by atoms with Gasteiger partial charge in [-0.2, -0.15) is 0 Å². The van der Waals surface area contributed by atoms with Crippen LogP contribution in [0.4, 0.5) is 4.79 Å². The molecular formula is C15H21NO5. The van der Waals surface area contributed by atoms with Gasteiger partial charge in [0.1, 0.15) is 12.6 Å². The fourth-order valence-electron chi connectivity index (χ4n) is 1.67. The van der Waals surface area contributed by atoms with Crippen molar-refractivity contribution in [1.82, 2.24) is 5.32 Å². The number of aliphatic carboxylic acids is 1. The van der Waals surface area contributed by atoms with E-state index in [0.717, 1.165) is 12.0 Å².